The van der Waals surface area contributed by atoms with E-state index in [1.54, 1.807) is 20.5 Å². The van der Waals surface area contributed by atoms with Crippen molar-refractivity contribution in [2.24, 2.45) is 0 Å². The lowest BCUT2D eigenvalue weighted by molar-refractivity contribution is 0.355. The number of hydrogen-bond acceptors (Lipinski definition) is 6. The van der Waals surface area contributed by atoms with Gasteiger partial charge in [-0.25, -0.2) is 9.97 Å². The van der Waals surface area contributed by atoms with E-state index in [2.05, 4.69) is 44.9 Å². The molecule has 0 saturated carbocycles. The number of ether oxygens (including phenoxy) is 2. The number of nitrogens with zero attached hydrogens (tertiary/aromatic N) is 2. The van der Waals surface area contributed by atoms with Crippen molar-refractivity contribution in [1.29, 1.82) is 0 Å². The van der Waals surface area contributed by atoms with Gasteiger partial charge in [0.25, 0.3) is 0 Å². The average Bonchev–Trinajstić information content (AvgIpc) is 2.72. The maximum absolute atomic E-state index is 5.33. The maximum atomic E-state index is 5.33. The fraction of sp³-hybridized carbons (Fsp3) is 0.238. The smallest absolute Gasteiger partial charge is 0.162 e. The normalized spacial score (nSPS) is 10.3. The molecule has 2 aromatic carbocycles. The summed E-state index contributed by atoms with van der Waals surface area (Å²) in [6.07, 6.45) is 3.62. The summed E-state index contributed by atoms with van der Waals surface area (Å²) in [5, 5.41) is 6.61. The summed E-state index contributed by atoms with van der Waals surface area (Å²) in [5.74, 6) is 2.85. The minimum Gasteiger partial charge on any atom is -0.493 e. The quantitative estimate of drug-likeness (QED) is 0.552. The van der Waals surface area contributed by atoms with Gasteiger partial charge in [-0.3, -0.25) is 0 Å². The molecule has 0 aliphatic carbocycles. The Kier molecular flexibility index (Phi) is 6.46. The van der Waals surface area contributed by atoms with Gasteiger partial charge in [0.05, 0.1) is 14.2 Å². The molecular weight excluding hydrogens is 340 g/mol. The largest absolute Gasteiger partial charge is 0.493 e. The lowest BCUT2D eigenvalue weighted by atomic mass is 10.1. The zero-order valence-corrected chi connectivity index (χ0v) is 15.6. The first-order chi connectivity index (χ1) is 13.3. The van der Waals surface area contributed by atoms with E-state index < -0.39 is 0 Å². The van der Waals surface area contributed by atoms with Gasteiger partial charge < -0.3 is 20.1 Å². The molecule has 0 aliphatic heterocycles. The highest BCUT2D eigenvalue weighted by atomic mass is 16.5. The Hall–Kier alpha value is -3.28. The molecular formula is C21H24N4O2. The Bertz CT molecular complexity index is 856. The molecule has 0 aliphatic rings. The van der Waals surface area contributed by atoms with E-state index in [9.17, 15) is 0 Å². The standard InChI is InChI=1S/C21H24N4O2/c1-26-18-11-10-17(13-19(18)27-2)25-21-14-20(23-15-24-21)22-12-6-9-16-7-4-3-5-8-16/h3-5,7-8,10-11,13-15H,6,9,12H2,1-2H3,(H2,22,23,24,25). The summed E-state index contributed by atoms with van der Waals surface area (Å²) in [6, 6.07) is 18.0. The molecule has 0 amide bonds. The van der Waals surface area contributed by atoms with Crippen LogP contribution < -0.4 is 20.1 Å². The van der Waals surface area contributed by atoms with Crippen molar-refractivity contribution in [1.82, 2.24) is 9.97 Å². The van der Waals surface area contributed by atoms with E-state index in [1.165, 1.54) is 5.56 Å². The van der Waals surface area contributed by atoms with E-state index in [0.717, 1.165) is 30.9 Å². The first-order valence-corrected chi connectivity index (χ1v) is 8.87. The van der Waals surface area contributed by atoms with Gasteiger partial charge in [-0.05, 0) is 30.5 Å². The highest BCUT2D eigenvalue weighted by molar-refractivity contribution is 5.62. The second kappa shape index (κ2) is 9.43. The average molecular weight is 364 g/mol. The first-order valence-electron chi connectivity index (χ1n) is 8.87. The van der Waals surface area contributed by atoms with Crippen LogP contribution in [0.15, 0.2) is 60.9 Å². The Morgan fingerprint density at radius 3 is 2.41 bits per heavy atom. The summed E-state index contributed by atoms with van der Waals surface area (Å²) in [4.78, 5) is 8.55. The summed E-state index contributed by atoms with van der Waals surface area (Å²) in [5.41, 5.74) is 2.21. The van der Waals surface area contributed by atoms with Crippen LogP contribution in [0.5, 0.6) is 11.5 Å². The van der Waals surface area contributed by atoms with E-state index in [4.69, 9.17) is 9.47 Å². The number of rotatable bonds is 9. The van der Waals surface area contributed by atoms with Crippen molar-refractivity contribution < 1.29 is 9.47 Å². The minimum atomic E-state index is 0.663. The number of aromatic nitrogens is 2. The number of methoxy groups -OCH3 is 2. The molecule has 6 nitrogen and oxygen atoms in total. The van der Waals surface area contributed by atoms with E-state index in [1.807, 2.05) is 30.3 Å². The van der Waals surface area contributed by atoms with Gasteiger partial charge in [0.1, 0.15) is 18.0 Å². The van der Waals surface area contributed by atoms with Gasteiger partial charge in [-0.1, -0.05) is 30.3 Å². The Balaban J connectivity index is 1.55. The highest BCUT2D eigenvalue weighted by Crippen LogP contribution is 2.30. The van der Waals surface area contributed by atoms with Crippen LogP contribution in [0.25, 0.3) is 0 Å². The molecule has 0 unspecified atom stereocenters. The monoisotopic (exact) mass is 364 g/mol. The van der Waals surface area contributed by atoms with Gasteiger partial charge in [0.2, 0.25) is 0 Å². The highest BCUT2D eigenvalue weighted by Gasteiger charge is 2.06. The second-order valence-corrected chi connectivity index (χ2v) is 6.00. The van der Waals surface area contributed by atoms with Gasteiger partial charge >= 0.3 is 0 Å². The summed E-state index contributed by atoms with van der Waals surface area (Å²) >= 11 is 0. The molecule has 0 radical (unpaired) electrons. The predicted octanol–water partition coefficient (Wildman–Crippen LogP) is 4.28. The van der Waals surface area contributed by atoms with Crippen molar-refractivity contribution in [3.8, 4) is 11.5 Å². The van der Waals surface area contributed by atoms with Crippen molar-refractivity contribution >= 4 is 17.3 Å². The lowest BCUT2D eigenvalue weighted by Gasteiger charge is -2.11. The van der Waals surface area contributed by atoms with Crippen molar-refractivity contribution in [2.45, 2.75) is 12.8 Å². The van der Waals surface area contributed by atoms with Gasteiger partial charge in [0.15, 0.2) is 11.5 Å². The Morgan fingerprint density at radius 1 is 0.852 bits per heavy atom. The van der Waals surface area contributed by atoms with Crippen LogP contribution in [0.1, 0.15) is 12.0 Å². The van der Waals surface area contributed by atoms with Crippen molar-refractivity contribution in [3.63, 3.8) is 0 Å². The molecule has 0 saturated heterocycles. The van der Waals surface area contributed by atoms with Crippen molar-refractivity contribution in [2.75, 3.05) is 31.4 Å². The molecule has 6 heteroatoms. The SMILES string of the molecule is COc1ccc(Nc2cc(NCCCc3ccccc3)ncn2)cc1OC. The first kappa shape index (κ1) is 18.5. The van der Waals surface area contributed by atoms with E-state index >= 15 is 0 Å². The fourth-order valence-electron chi connectivity index (χ4n) is 2.74. The fourth-order valence-corrected chi connectivity index (χ4v) is 2.74. The van der Waals surface area contributed by atoms with Crippen LogP contribution in [0.3, 0.4) is 0 Å². The molecule has 3 aromatic rings. The maximum Gasteiger partial charge on any atom is 0.162 e. The second-order valence-electron chi connectivity index (χ2n) is 6.00. The third-order valence-corrected chi connectivity index (χ3v) is 4.11. The number of aryl methyl sites for hydroxylation is 1. The van der Waals surface area contributed by atoms with Crippen LogP contribution >= 0.6 is 0 Å². The number of hydrogen-bond donors (Lipinski definition) is 2. The molecule has 3 rings (SSSR count). The topological polar surface area (TPSA) is 68.3 Å². The number of benzene rings is 2. The molecule has 1 heterocycles. The Labute approximate surface area is 159 Å². The lowest BCUT2D eigenvalue weighted by Crippen LogP contribution is -2.05. The number of nitrogens with one attached hydrogen (secondary N) is 2. The van der Waals surface area contributed by atoms with Crippen LogP contribution in [0.4, 0.5) is 17.3 Å². The van der Waals surface area contributed by atoms with Crippen molar-refractivity contribution in [3.05, 3.63) is 66.5 Å². The third-order valence-electron chi connectivity index (χ3n) is 4.11. The minimum absolute atomic E-state index is 0.663. The third kappa shape index (κ3) is 5.34. The van der Waals surface area contributed by atoms with E-state index in [0.29, 0.717) is 17.3 Å². The van der Waals surface area contributed by atoms with Gasteiger partial charge in [-0.2, -0.15) is 0 Å². The van der Waals surface area contributed by atoms with Gasteiger partial charge in [0, 0.05) is 24.4 Å². The summed E-state index contributed by atoms with van der Waals surface area (Å²) in [7, 11) is 3.23. The van der Waals surface area contributed by atoms with Crippen LogP contribution in [-0.4, -0.2) is 30.7 Å². The molecule has 27 heavy (non-hydrogen) atoms. The zero-order valence-electron chi connectivity index (χ0n) is 15.6. The molecule has 1 aromatic heterocycles. The van der Waals surface area contributed by atoms with Crippen LogP contribution in [0, 0.1) is 0 Å². The summed E-state index contributed by atoms with van der Waals surface area (Å²) in [6.45, 7) is 0.849. The van der Waals surface area contributed by atoms with Crippen LogP contribution in [0.2, 0.25) is 0 Å². The predicted molar refractivity (Wildman–Crippen MR) is 108 cm³/mol. The van der Waals surface area contributed by atoms with Gasteiger partial charge in [-0.15, -0.1) is 0 Å². The zero-order chi connectivity index (χ0) is 18.9. The molecule has 0 bridgehead atoms. The molecule has 140 valence electrons. The molecule has 0 atom stereocenters. The van der Waals surface area contributed by atoms with E-state index in [-0.39, 0.29) is 0 Å². The Morgan fingerprint density at radius 2 is 1.63 bits per heavy atom. The molecule has 0 fully saturated rings. The molecule has 2 N–H and O–H groups in total. The van der Waals surface area contributed by atoms with Crippen LogP contribution in [-0.2, 0) is 6.42 Å². The molecule has 0 spiro atoms. The number of anilines is 3. The summed E-state index contributed by atoms with van der Waals surface area (Å²) < 4.78 is 10.6.